The van der Waals surface area contributed by atoms with Crippen molar-refractivity contribution in [3.8, 4) is 45.3 Å². The van der Waals surface area contributed by atoms with E-state index < -0.39 is 11.2 Å². The van der Waals surface area contributed by atoms with E-state index >= 15 is 0 Å². The first-order valence-electron chi connectivity index (χ1n) is 15.4. The minimum atomic E-state index is -1.01. The van der Waals surface area contributed by atoms with Gasteiger partial charge >= 0.3 is 7.48 Å². The number of aliphatic hydroxyl groups is 1. The molecule has 1 N–H and O–H groups in total. The summed E-state index contributed by atoms with van der Waals surface area (Å²) in [7, 11) is 0.340. The molecule has 0 unspecified atom stereocenters. The summed E-state index contributed by atoms with van der Waals surface area (Å²) in [5.74, 6) is 1.85. The van der Waals surface area contributed by atoms with Crippen LogP contribution in [0.4, 0.5) is 0 Å². The summed E-state index contributed by atoms with van der Waals surface area (Å²) in [6.45, 7) is 7.35. The second-order valence-corrected chi connectivity index (χ2v) is 12.6. The maximum Gasteiger partial charge on any atom is 0.309 e. The van der Waals surface area contributed by atoms with Crippen molar-refractivity contribution in [1.29, 1.82) is 0 Å². The van der Waals surface area contributed by atoms with E-state index in [1.807, 2.05) is 105 Å². The van der Waals surface area contributed by atoms with E-state index in [0.29, 0.717) is 25.0 Å². The predicted octanol–water partition coefficient (Wildman–Crippen LogP) is 7.98. The van der Waals surface area contributed by atoms with Gasteiger partial charge < -0.3 is 14.2 Å². The number of aromatic nitrogens is 3. The fraction of sp³-hybridized carbons (Fsp3) is 0.154. The molecule has 7 aromatic rings. The third-order valence-electron chi connectivity index (χ3n) is 8.76. The Morgan fingerprint density at radius 1 is 0.587 bits per heavy atom. The molecule has 7 rings (SSSR count). The Bertz CT molecular complexity index is 2100. The first-order valence-corrected chi connectivity index (χ1v) is 15.4. The van der Waals surface area contributed by atoms with Gasteiger partial charge in [-0.1, -0.05) is 121 Å². The molecule has 46 heavy (non-hydrogen) atoms. The van der Waals surface area contributed by atoms with Crippen LogP contribution in [0, 0.1) is 0 Å². The Morgan fingerprint density at radius 2 is 1.09 bits per heavy atom. The van der Waals surface area contributed by atoms with Crippen molar-refractivity contribution in [3.05, 3.63) is 121 Å². The Balaban J connectivity index is 1.31. The van der Waals surface area contributed by atoms with Gasteiger partial charge in [0.1, 0.15) is 11.2 Å². The molecule has 0 radical (unpaired) electrons. The Labute approximate surface area is 269 Å². The number of rotatable bonds is 8. The van der Waals surface area contributed by atoms with Gasteiger partial charge in [0.25, 0.3) is 0 Å². The van der Waals surface area contributed by atoms with Crippen LogP contribution in [-0.4, -0.2) is 38.7 Å². The number of fused-ring (bicyclic) bond motifs is 3. The van der Waals surface area contributed by atoms with Crippen LogP contribution < -0.4 is 5.46 Å². The minimum Gasteiger partial charge on any atom is -0.455 e. The van der Waals surface area contributed by atoms with Gasteiger partial charge in [-0.15, -0.1) is 0 Å². The molecule has 0 amide bonds. The first kappa shape index (κ1) is 29.6. The third-order valence-corrected chi connectivity index (χ3v) is 8.76. The fourth-order valence-electron chi connectivity index (χ4n) is 5.36. The minimum absolute atomic E-state index is 0.340. The molecule has 0 atom stereocenters. The molecule has 226 valence electrons. The van der Waals surface area contributed by atoms with Crippen molar-refractivity contribution >= 4 is 34.9 Å². The van der Waals surface area contributed by atoms with Crippen LogP contribution in [0.1, 0.15) is 27.7 Å². The lowest BCUT2D eigenvalue weighted by Crippen LogP contribution is -2.49. The Kier molecular flexibility index (Phi) is 7.51. The zero-order valence-corrected chi connectivity index (χ0v) is 26.4. The molecular formula is C39H34BN3O3. The molecule has 0 bridgehead atoms. The van der Waals surface area contributed by atoms with Gasteiger partial charge in [-0.3, -0.25) is 0 Å². The van der Waals surface area contributed by atoms with Crippen LogP contribution in [-0.2, 0) is 4.65 Å². The highest BCUT2D eigenvalue weighted by Crippen LogP contribution is 2.36. The maximum absolute atomic E-state index is 10.7. The molecule has 0 fully saturated rings. The average Bonchev–Trinajstić information content (AvgIpc) is 3.46. The van der Waals surface area contributed by atoms with E-state index in [-0.39, 0.29) is 0 Å². The summed E-state index contributed by atoms with van der Waals surface area (Å²) < 4.78 is 12.7. The monoisotopic (exact) mass is 603 g/mol. The summed E-state index contributed by atoms with van der Waals surface area (Å²) in [5, 5.41) is 12.7. The highest BCUT2D eigenvalue weighted by atomic mass is 16.5. The molecule has 0 aliphatic rings. The summed E-state index contributed by atoms with van der Waals surface area (Å²) in [5.41, 5.74) is 5.59. The lowest BCUT2D eigenvalue weighted by Gasteiger charge is -2.37. The molecule has 7 heteroatoms. The van der Waals surface area contributed by atoms with Crippen molar-refractivity contribution in [2.45, 2.75) is 38.9 Å². The van der Waals surface area contributed by atoms with Crippen LogP contribution >= 0.6 is 0 Å². The van der Waals surface area contributed by atoms with Crippen molar-refractivity contribution in [1.82, 2.24) is 15.0 Å². The first-order chi connectivity index (χ1) is 22.2. The van der Waals surface area contributed by atoms with Gasteiger partial charge in [-0.2, -0.15) is 0 Å². The molecule has 0 saturated carbocycles. The van der Waals surface area contributed by atoms with Crippen LogP contribution in [0.5, 0.6) is 0 Å². The number of benzene rings is 5. The van der Waals surface area contributed by atoms with E-state index in [4.69, 9.17) is 24.0 Å². The fourth-order valence-corrected chi connectivity index (χ4v) is 5.36. The van der Waals surface area contributed by atoms with Gasteiger partial charge in [-0.25, -0.2) is 15.0 Å². The smallest absolute Gasteiger partial charge is 0.309 e. The van der Waals surface area contributed by atoms with Gasteiger partial charge in [0, 0.05) is 33.0 Å². The predicted molar refractivity (Wildman–Crippen MR) is 187 cm³/mol. The van der Waals surface area contributed by atoms with E-state index in [0.717, 1.165) is 55.2 Å². The lowest BCUT2D eigenvalue weighted by atomic mass is 9.81. The highest BCUT2D eigenvalue weighted by molar-refractivity contribution is 6.48. The van der Waals surface area contributed by atoms with Crippen molar-refractivity contribution in [2.75, 3.05) is 0 Å². The summed E-state index contributed by atoms with van der Waals surface area (Å²) in [6, 6.07) is 40.5. The molecule has 0 spiro atoms. The topological polar surface area (TPSA) is 81.3 Å². The molecule has 2 heterocycles. The van der Waals surface area contributed by atoms with Crippen LogP contribution in [0.15, 0.2) is 126 Å². The Hall–Kier alpha value is -5.11. The van der Waals surface area contributed by atoms with Crippen molar-refractivity contribution < 1.29 is 14.2 Å². The van der Waals surface area contributed by atoms with Crippen molar-refractivity contribution in [3.63, 3.8) is 0 Å². The molecule has 5 aromatic carbocycles. The SMILES string of the molecule is CC(C)(O)C(C)(C)OBc1cc(-c2ccc(-c3nc(-c4ccccc4)nc(-c4ccccc4)n3)cc2)c2oc3ccccc3c2c1. The quantitative estimate of drug-likeness (QED) is 0.178. The Morgan fingerprint density at radius 3 is 1.65 bits per heavy atom. The van der Waals surface area contributed by atoms with Crippen LogP contribution in [0.25, 0.3) is 67.2 Å². The molecule has 0 saturated heterocycles. The van der Waals surface area contributed by atoms with Crippen LogP contribution in [0.3, 0.4) is 0 Å². The number of nitrogens with zero attached hydrogens (tertiary/aromatic N) is 3. The summed E-state index contributed by atoms with van der Waals surface area (Å²) in [6.07, 6.45) is 0. The van der Waals surface area contributed by atoms with E-state index in [9.17, 15) is 5.11 Å². The highest BCUT2D eigenvalue weighted by Gasteiger charge is 2.35. The zero-order chi connectivity index (χ0) is 31.9. The number of para-hydroxylation sites is 1. The molecule has 0 aliphatic heterocycles. The van der Waals surface area contributed by atoms with Gasteiger partial charge in [0.2, 0.25) is 0 Å². The second kappa shape index (κ2) is 11.7. The van der Waals surface area contributed by atoms with Gasteiger partial charge in [-0.05, 0) is 39.3 Å². The number of hydrogen-bond acceptors (Lipinski definition) is 6. The summed E-state index contributed by atoms with van der Waals surface area (Å²) >= 11 is 0. The molecule has 6 nitrogen and oxygen atoms in total. The molecule has 0 aliphatic carbocycles. The van der Waals surface area contributed by atoms with E-state index in [1.165, 1.54) is 0 Å². The largest absolute Gasteiger partial charge is 0.455 e. The summed E-state index contributed by atoms with van der Waals surface area (Å²) in [4.78, 5) is 14.6. The normalized spacial score (nSPS) is 12.1. The van der Waals surface area contributed by atoms with Gasteiger partial charge in [0.15, 0.2) is 17.5 Å². The van der Waals surface area contributed by atoms with E-state index in [2.05, 4.69) is 30.3 Å². The van der Waals surface area contributed by atoms with E-state index in [1.54, 1.807) is 13.8 Å². The van der Waals surface area contributed by atoms with Crippen LogP contribution in [0.2, 0.25) is 0 Å². The van der Waals surface area contributed by atoms with Gasteiger partial charge in [0.05, 0.1) is 11.2 Å². The molecular weight excluding hydrogens is 569 g/mol. The third kappa shape index (κ3) is 5.71. The lowest BCUT2D eigenvalue weighted by molar-refractivity contribution is -0.0893. The second-order valence-electron chi connectivity index (χ2n) is 12.6. The average molecular weight is 604 g/mol. The standard InChI is InChI=1S/C39H34BN3O3/c1-38(2,44)39(3,4)46-40-29-23-31(34-32(24-29)30-17-11-12-18-33(30)45-34)25-19-21-28(22-20-25)37-42-35(26-13-7-5-8-14-26)41-36(43-37)27-15-9-6-10-16-27/h5-24,40,44H,1-4H3. The van der Waals surface area contributed by atoms with Crippen molar-refractivity contribution in [2.24, 2.45) is 0 Å². The molecule has 2 aromatic heterocycles. The maximum atomic E-state index is 10.7. The zero-order valence-electron chi connectivity index (χ0n) is 26.4. The number of furan rings is 1. The number of hydrogen-bond donors (Lipinski definition) is 1.